The third-order valence-corrected chi connectivity index (χ3v) is 0. The van der Waals surface area contributed by atoms with Gasteiger partial charge in [0.25, 0.3) is 0 Å². The molecule has 0 fully saturated rings. The van der Waals surface area contributed by atoms with Gasteiger partial charge in [-0.3, -0.25) is 0 Å². The van der Waals surface area contributed by atoms with Gasteiger partial charge in [0.15, 0.2) is 0 Å². The summed E-state index contributed by atoms with van der Waals surface area (Å²) in [6.07, 6.45) is 0. The van der Waals surface area contributed by atoms with E-state index in [1.54, 1.807) is 0 Å². The van der Waals surface area contributed by atoms with Gasteiger partial charge >= 0.3 is 0 Å². The van der Waals surface area contributed by atoms with Crippen molar-refractivity contribution in [1.82, 2.24) is 0 Å². The Morgan fingerprint density at radius 2 is 0.400 bits per heavy atom. The van der Waals surface area contributed by atoms with Gasteiger partial charge in [-0.1, -0.05) is 0 Å². The van der Waals surface area contributed by atoms with Crippen molar-refractivity contribution in [3.05, 3.63) is 0 Å². The van der Waals surface area contributed by atoms with E-state index in [1.165, 1.54) is 0 Å². The largest absolute Gasteiger partial charge is 0 e. The van der Waals surface area contributed by atoms with Crippen molar-refractivity contribution in [1.29, 1.82) is 0 Å². The summed E-state index contributed by atoms with van der Waals surface area (Å²) in [5, 5.41) is 0. The molecule has 0 aromatic carbocycles. The molecule has 0 aromatic heterocycles. The average molecular weight is 746 g/mol. The molecule has 5 heavy (non-hydrogen) atoms. The number of rotatable bonds is 0. The smallest absolute Gasteiger partial charge is 0 e. The van der Waals surface area contributed by atoms with E-state index in [0.717, 1.165) is 0 Å². The zero-order valence-electron chi connectivity index (χ0n) is 2.21. The van der Waals surface area contributed by atoms with Gasteiger partial charge in [0.05, 0.1) is 0 Å². The number of hydrogen-bond donors (Lipinski definition) is 0. The molecule has 0 amide bonds. The fourth-order valence-corrected chi connectivity index (χ4v) is 0. The molecule has 27 valence electrons. The summed E-state index contributed by atoms with van der Waals surface area (Å²) in [6.45, 7) is 0. The van der Waals surface area contributed by atoms with Crippen LogP contribution in [0.2, 0.25) is 0 Å². The number of hydrogen-bond acceptors (Lipinski definition) is 0. The maximum atomic E-state index is 0. The van der Waals surface area contributed by atoms with Crippen molar-refractivity contribution in [2.24, 2.45) is 0 Å². The van der Waals surface area contributed by atoms with Crippen LogP contribution in [0.4, 0.5) is 0 Å². The molecule has 0 saturated heterocycles. The topological polar surface area (TPSA) is 0 Å². The first-order valence-electron chi connectivity index (χ1n) is 0. The summed E-state index contributed by atoms with van der Waals surface area (Å²) in [5.41, 5.74) is 0. The second kappa shape index (κ2) is 29.1. The van der Waals surface area contributed by atoms with Crippen molar-refractivity contribution in [2.45, 2.75) is 0 Å². The van der Waals surface area contributed by atoms with E-state index in [4.69, 9.17) is 0 Å². The maximum Gasteiger partial charge on any atom is 0 e. The summed E-state index contributed by atoms with van der Waals surface area (Å²) < 4.78 is 0. The van der Waals surface area contributed by atoms with Gasteiger partial charge in [-0.05, 0) is 0 Å². The quantitative estimate of drug-likeness (QED) is 0.297. The van der Waals surface area contributed by atoms with Crippen LogP contribution >= 0.6 is 0 Å². The fourth-order valence-electron chi connectivity index (χ4n) is 0. The van der Waals surface area contributed by atoms with E-state index in [1.807, 2.05) is 0 Å². The Labute approximate surface area is 91.2 Å². The van der Waals surface area contributed by atoms with Gasteiger partial charge in [-0.15, -0.1) is 0 Å². The Balaban J connectivity index is 0. The van der Waals surface area contributed by atoms with Crippen LogP contribution in [0.1, 0.15) is 0 Å². The Hall–Kier alpha value is 2.82. The van der Waals surface area contributed by atoms with E-state index in [0.29, 0.717) is 0 Å². The van der Waals surface area contributed by atoms with Crippen LogP contribution in [0.25, 0.3) is 0 Å². The Kier molecular flexibility index (Phi) is 266. The van der Waals surface area contributed by atoms with Crippen LogP contribution < -0.4 is 0 Å². The molecular formula is BW4. The zero-order chi connectivity index (χ0) is 0. The van der Waals surface area contributed by atoms with E-state index in [9.17, 15) is 0 Å². The van der Waals surface area contributed by atoms with Gasteiger partial charge in [0.1, 0.15) is 0 Å². The molecule has 0 aliphatic rings. The molecule has 0 N–H and O–H groups in total. The van der Waals surface area contributed by atoms with Gasteiger partial charge < -0.3 is 0 Å². The summed E-state index contributed by atoms with van der Waals surface area (Å²) in [6, 6.07) is 0. The Bertz CT molecular complexity index is 3.61. The Morgan fingerprint density at radius 3 is 0.400 bits per heavy atom. The fraction of sp³-hybridized carbons (Fsp3) is 0. The molecule has 5 heteroatoms. The van der Waals surface area contributed by atoms with Crippen LogP contribution in [0.15, 0.2) is 0 Å². The Morgan fingerprint density at radius 1 is 0.400 bits per heavy atom. The minimum Gasteiger partial charge on any atom is 0 e. The van der Waals surface area contributed by atoms with Crippen molar-refractivity contribution in [3.63, 3.8) is 0 Å². The first kappa shape index (κ1) is 45.8. The van der Waals surface area contributed by atoms with Crippen molar-refractivity contribution in [3.8, 4) is 0 Å². The summed E-state index contributed by atoms with van der Waals surface area (Å²) in [5.74, 6) is 0. The predicted octanol–water partition coefficient (Wildman–Crippen LogP) is -0.391. The van der Waals surface area contributed by atoms with Crippen molar-refractivity contribution in [2.75, 3.05) is 0 Å². The summed E-state index contributed by atoms with van der Waals surface area (Å²) >= 11 is 0. The summed E-state index contributed by atoms with van der Waals surface area (Å²) in [7, 11) is 0. The van der Waals surface area contributed by atoms with Gasteiger partial charge in [-0.2, -0.15) is 0 Å². The molecule has 3 radical (unpaired) electrons. The van der Waals surface area contributed by atoms with E-state index in [-0.39, 0.29) is 92.7 Å². The van der Waals surface area contributed by atoms with E-state index < -0.39 is 0 Å². The van der Waals surface area contributed by atoms with Crippen molar-refractivity contribution >= 4 is 8.41 Å². The van der Waals surface area contributed by atoms with Crippen LogP contribution in [-0.2, 0) is 84.3 Å². The molecule has 0 rings (SSSR count). The summed E-state index contributed by atoms with van der Waals surface area (Å²) in [4.78, 5) is 0. The van der Waals surface area contributed by atoms with E-state index in [2.05, 4.69) is 0 Å². The molecule has 0 heterocycles. The first-order valence-corrected chi connectivity index (χ1v) is 0. The molecule has 0 unspecified atom stereocenters. The molecule has 0 saturated carbocycles. The molecule has 0 aliphatic carbocycles. The van der Waals surface area contributed by atoms with Crippen molar-refractivity contribution < 1.29 is 84.3 Å². The molecule has 0 nitrogen and oxygen atoms in total. The monoisotopic (exact) mass is 747 g/mol. The van der Waals surface area contributed by atoms with Crippen LogP contribution in [0.3, 0.4) is 0 Å². The van der Waals surface area contributed by atoms with Gasteiger partial charge in [0.2, 0.25) is 0 Å². The minimum atomic E-state index is 0. The van der Waals surface area contributed by atoms with E-state index >= 15 is 0 Å². The normalized spacial score (nSPS) is 0. The standard InChI is InChI=1S/B.4W. The zero-order valence-corrected chi connectivity index (χ0v) is 13.9. The third kappa shape index (κ3) is 19.9. The minimum absolute atomic E-state index is 0. The van der Waals surface area contributed by atoms with Crippen LogP contribution in [0, 0.1) is 0 Å². The first-order chi connectivity index (χ1) is 0. The van der Waals surface area contributed by atoms with Crippen LogP contribution in [-0.4, -0.2) is 8.41 Å². The molecule has 0 aliphatic heterocycles. The SMILES string of the molecule is [B].[W].[W].[W].[W]. The molecule has 0 spiro atoms. The second-order valence-corrected chi connectivity index (χ2v) is 0. The predicted molar refractivity (Wildman–Crippen MR) is 5.75 cm³/mol. The van der Waals surface area contributed by atoms with Crippen LogP contribution in [0.5, 0.6) is 0 Å². The molecular weight excluding hydrogens is 746 g/mol. The third-order valence-electron chi connectivity index (χ3n) is 0. The molecule has 0 aromatic rings. The average Bonchev–Trinajstić information content (AvgIpc) is 0. The van der Waals surface area contributed by atoms with Gasteiger partial charge in [-0.25, -0.2) is 0 Å². The second-order valence-electron chi connectivity index (χ2n) is 0. The molecule has 0 atom stereocenters. The maximum absolute atomic E-state index is 0. The van der Waals surface area contributed by atoms with Gasteiger partial charge in [0, 0.05) is 92.7 Å². The molecule has 0 bridgehead atoms.